The number of hydrogen-bond acceptors (Lipinski definition) is 2. The number of ether oxygens (including phenoxy) is 1. The molecular weight excluding hydrogens is 158 g/mol. The molecule has 47 valence electrons. The highest BCUT2D eigenvalue weighted by atomic mass is 35.5. The van der Waals surface area contributed by atoms with Crippen LogP contribution in [0.2, 0.25) is 0 Å². The Bertz CT molecular complexity index is 85.4. The maximum absolute atomic E-state index is 10.9. The van der Waals surface area contributed by atoms with Crippen LogP contribution >= 0.6 is 23.2 Å². The van der Waals surface area contributed by atoms with Crippen LogP contribution in [0.15, 0.2) is 0 Å². The molecule has 0 unspecified atom stereocenters. The molecule has 0 heterocycles. The molecular formula is C3H2Cl2FO2. The third-order valence-corrected chi connectivity index (χ3v) is 0.695. The Morgan fingerprint density at radius 3 is 2.38 bits per heavy atom. The largest absolute Gasteiger partial charge is 0.422 e. The summed E-state index contributed by atoms with van der Waals surface area (Å²) in [5, 5.41) is 0. The van der Waals surface area contributed by atoms with Gasteiger partial charge >= 0.3 is 12.8 Å². The Labute approximate surface area is 55.5 Å². The fourth-order valence-electron chi connectivity index (χ4n) is 0.0953. The lowest BCUT2D eigenvalue weighted by atomic mass is 10.8. The van der Waals surface area contributed by atoms with Crippen molar-refractivity contribution >= 4 is 29.2 Å². The highest BCUT2D eigenvalue weighted by Crippen LogP contribution is 2.04. The van der Waals surface area contributed by atoms with Gasteiger partial charge in [-0.1, -0.05) is 23.2 Å². The second-order valence-electron chi connectivity index (χ2n) is 0.827. The first-order valence-corrected chi connectivity index (χ1v) is 2.46. The number of esters is 1. The predicted molar refractivity (Wildman–Crippen MR) is 27.0 cm³/mol. The summed E-state index contributed by atoms with van der Waals surface area (Å²) in [5.41, 5.74) is 0. The van der Waals surface area contributed by atoms with Crippen molar-refractivity contribution in [3.63, 3.8) is 0 Å². The van der Waals surface area contributed by atoms with E-state index in [0.717, 1.165) is 0 Å². The molecule has 0 rings (SSSR count). The molecule has 0 saturated carbocycles. The zero-order valence-electron chi connectivity index (χ0n) is 3.61. The minimum Gasteiger partial charge on any atom is -0.422 e. The predicted octanol–water partition coefficient (Wildman–Crippen LogP) is 1.42. The molecule has 0 aromatic rings. The van der Waals surface area contributed by atoms with Gasteiger partial charge in [0.15, 0.2) is 0 Å². The van der Waals surface area contributed by atoms with E-state index in [0.29, 0.717) is 0 Å². The lowest BCUT2D eigenvalue weighted by molar-refractivity contribution is -0.140. The first kappa shape index (κ1) is 7.98. The highest BCUT2D eigenvalue weighted by molar-refractivity contribution is 6.52. The van der Waals surface area contributed by atoms with Gasteiger partial charge in [-0.25, -0.2) is 4.79 Å². The van der Waals surface area contributed by atoms with E-state index in [2.05, 4.69) is 4.74 Å². The number of alkyl halides is 2. The van der Waals surface area contributed by atoms with Gasteiger partial charge in [0.25, 0.3) is 0 Å². The number of rotatable bonds is 2. The van der Waals surface area contributed by atoms with Crippen molar-refractivity contribution in [2.24, 2.45) is 0 Å². The Morgan fingerprint density at radius 2 is 2.25 bits per heavy atom. The molecule has 0 saturated heterocycles. The van der Waals surface area contributed by atoms with Crippen molar-refractivity contribution in [1.29, 1.82) is 0 Å². The van der Waals surface area contributed by atoms with E-state index in [1.165, 1.54) is 0 Å². The maximum Gasteiger partial charge on any atom is 0.342 e. The first-order chi connectivity index (χ1) is 3.68. The summed E-state index contributed by atoms with van der Waals surface area (Å²) in [4.78, 5) is 8.67. The van der Waals surface area contributed by atoms with Gasteiger partial charge < -0.3 is 4.74 Å². The van der Waals surface area contributed by atoms with Gasteiger partial charge in [0.1, 0.15) is 0 Å². The smallest absolute Gasteiger partial charge is 0.342 e. The van der Waals surface area contributed by atoms with E-state index in [1.807, 2.05) is 0 Å². The molecule has 8 heavy (non-hydrogen) atoms. The number of hydrogen-bond donors (Lipinski definition) is 0. The monoisotopic (exact) mass is 159 g/mol. The summed E-state index contributed by atoms with van der Waals surface area (Å²) in [6.45, 7) is -0.278. The van der Waals surface area contributed by atoms with Gasteiger partial charge in [0.05, 0.1) is 0 Å². The Morgan fingerprint density at radius 1 is 1.75 bits per heavy atom. The van der Waals surface area contributed by atoms with Crippen molar-refractivity contribution in [3.05, 3.63) is 6.86 Å². The molecule has 0 atom stereocenters. The number of halogens is 3. The summed E-state index contributed by atoms with van der Waals surface area (Å²) >= 11 is 9.82. The topological polar surface area (TPSA) is 26.3 Å². The van der Waals surface area contributed by atoms with Crippen LogP contribution in [0.4, 0.5) is 4.39 Å². The molecule has 0 aliphatic heterocycles. The lowest BCUT2D eigenvalue weighted by Crippen LogP contribution is -2.09. The summed E-state index contributed by atoms with van der Waals surface area (Å²) < 4.78 is 14.5. The molecule has 0 aromatic heterocycles. The van der Waals surface area contributed by atoms with E-state index in [1.54, 1.807) is 0 Å². The Kier molecular flexibility index (Phi) is 3.91. The van der Waals surface area contributed by atoms with Crippen LogP contribution in [0, 0.1) is 6.86 Å². The summed E-state index contributed by atoms with van der Waals surface area (Å²) in [7, 11) is 0. The van der Waals surface area contributed by atoms with Gasteiger partial charge in [-0.2, -0.15) is 4.39 Å². The van der Waals surface area contributed by atoms with Gasteiger partial charge in [-0.3, -0.25) is 0 Å². The molecule has 0 spiro atoms. The molecule has 0 fully saturated rings. The van der Waals surface area contributed by atoms with Crippen molar-refractivity contribution in [2.45, 2.75) is 4.84 Å². The van der Waals surface area contributed by atoms with Gasteiger partial charge in [0.2, 0.25) is 4.84 Å². The van der Waals surface area contributed by atoms with Gasteiger partial charge in [-0.05, 0) is 0 Å². The van der Waals surface area contributed by atoms with Crippen molar-refractivity contribution in [1.82, 2.24) is 0 Å². The van der Waals surface area contributed by atoms with Crippen molar-refractivity contribution < 1.29 is 13.9 Å². The average Bonchev–Trinajstić information content (AvgIpc) is 1.67. The second-order valence-corrected chi connectivity index (χ2v) is 1.92. The summed E-state index contributed by atoms with van der Waals surface area (Å²) in [5.74, 6) is -1.02. The van der Waals surface area contributed by atoms with Crippen molar-refractivity contribution in [2.75, 3.05) is 0 Å². The normalized spacial score (nSPS) is 9.50. The molecule has 1 radical (unpaired) electrons. The first-order valence-electron chi connectivity index (χ1n) is 1.59. The summed E-state index contributed by atoms with van der Waals surface area (Å²) in [6, 6.07) is 0. The lowest BCUT2D eigenvalue weighted by Gasteiger charge is -1.95. The Balaban J connectivity index is 3.33. The molecule has 0 aliphatic carbocycles. The minimum atomic E-state index is -1.32. The molecule has 0 amide bonds. The second kappa shape index (κ2) is 3.92. The molecule has 0 aliphatic rings. The third-order valence-electron chi connectivity index (χ3n) is 0.339. The van der Waals surface area contributed by atoms with E-state index < -0.39 is 10.8 Å². The SMILES string of the molecule is O=C(O[CH]F)C(Cl)Cl. The zero-order valence-corrected chi connectivity index (χ0v) is 5.12. The van der Waals surface area contributed by atoms with Crippen molar-refractivity contribution in [3.8, 4) is 0 Å². The van der Waals surface area contributed by atoms with E-state index >= 15 is 0 Å². The van der Waals surface area contributed by atoms with Gasteiger partial charge in [-0.15, -0.1) is 0 Å². The molecule has 2 nitrogen and oxygen atoms in total. The van der Waals surface area contributed by atoms with E-state index in [9.17, 15) is 9.18 Å². The molecule has 5 heteroatoms. The summed E-state index contributed by atoms with van der Waals surface area (Å²) in [6.07, 6.45) is 0. The molecule has 0 aromatic carbocycles. The Hall–Kier alpha value is -0.0200. The fraction of sp³-hybridized carbons (Fsp3) is 0.333. The van der Waals surface area contributed by atoms with Gasteiger partial charge in [0, 0.05) is 0 Å². The maximum atomic E-state index is 10.9. The minimum absolute atomic E-state index is 0.278. The standard InChI is InChI=1S/C3H2Cl2FO2/c4-2(5)3(7)8-1-6/h1-2H. The fourth-order valence-corrected chi connectivity index (χ4v) is 0.198. The molecule has 0 N–H and O–H groups in total. The van der Waals surface area contributed by atoms with Crippen LogP contribution in [-0.2, 0) is 9.53 Å². The van der Waals surface area contributed by atoms with Crippen LogP contribution in [0.25, 0.3) is 0 Å². The van der Waals surface area contributed by atoms with Crippen LogP contribution in [0.1, 0.15) is 0 Å². The number of carbonyl (C=O) groups excluding carboxylic acids is 1. The van der Waals surface area contributed by atoms with Crippen LogP contribution in [0.5, 0.6) is 0 Å². The number of carbonyl (C=O) groups is 1. The highest BCUT2D eigenvalue weighted by Gasteiger charge is 2.11. The van der Waals surface area contributed by atoms with Crippen LogP contribution < -0.4 is 0 Å². The van der Waals surface area contributed by atoms with Crippen LogP contribution in [-0.4, -0.2) is 10.8 Å². The molecule has 0 bridgehead atoms. The third kappa shape index (κ3) is 3.04. The van der Waals surface area contributed by atoms with Crippen LogP contribution in [0.3, 0.4) is 0 Å². The van der Waals surface area contributed by atoms with E-state index in [-0.39, 0.29) is 6.86 Å². The van der Waals surface area contributed by atoms with E-state index in [4.69, 9.17) is 23.2 Å². The zero-order chi connectivity index (χ0) is 6.57. The quantitative estimate of drug-likeness (QED) is 0.451. The average molecular weight is 160 g/mol.